The Morgan fingerprint density at radius 2 is 2.00 bits per heavy atom. The fraction of sp³-hybridized carbons (Fsp3) is 0.364. The van der Waals surface area contributed by atoms with E-state index in [1.165, 1.54) is 5.56 Å². The van der Waals surface area contributed by atoms with Gasteiger partial charge in [-0.3, -0.25) is 4.79 Å². The number of hydrogen-bond donors (Lipinski definition) is 1. The monoisotopic (exact) mass is 209 g/mol. The molecular weight excluding hydrogens is 198 g/mol. The Labute approximate surface area is 88.1 Å². The molecule has 1 aliphatic rings. The molecular formula is C11H12ClNO. The molecule has 2 N–H and O–H groups in total. The molecule has 0 saturated heterocycles. The molecule has 14 heavy (non-hydrogen) atoms. The molecule has 2 unspecified atom stereocenters. The zero-order chi connectivity index (χ0) is 10.1. The Balaban J connectivity index is 2.14. The Kier molecular flexibility index (Phi) is 2.57. The molecule has 2 nitrogen and oxygen atoms in total. The van der Waals surface area contributed by atoms with Crippen molar-refractivity contribution in [2.45, 2.75) is 17.7 Å². The first-order valence-corrected chi connectivity index (χ1v) is 5.13. The van der Waals surface area contributed by atoms with Crippen LogP contribution < -0.4 is 5.73 Å². The Morgan fingerprint density at radius 3 is 2.43 bits per heavy atom. The molecule has 1 saturated carbocycles. The van der Waals surface area contributed by atoms with Gasteiger partial charge in [0.1, 0.15) is 0 Å². The summed E-state index contributed by atoms with van der Waals surface area (Å²) in [5.74, 6) is 0.466. The van der Waals surface area contributed by atoms with E-state index >= 15 is 0 Å². The first-order valence-electron chi connectivity index (χ1n) is 4.69. The van der Waals surface area contributed by atoms with E-state index in [-0.39, 0.29) is 17.7 Å². The number of carbonyl (C=O) groups is 1. The fourth-order valence-corrected chi connectivity index (χ4v) is 1.88. The molecule has 74 valence electrons. The van der Waals surface area contributed by atoms with E-state index in [0.29, 0.717) is 11.5 Å². The average Bonchev–Trinajstić information content (AvgIpc) is 2.95. The second kappa shape index (κ2) is 3.71. The number of alkyl halides is 1. The lowest BCUT2D eigenvalue weighted by atomic mass is 10.1. The highest BCUT2D eigenvalue weighted by atomic mass is 35.5. The summed E-state index contributed by atoms with van der Waals surface area (Å²) in [6, 6.07) is 7.59. The summed E-state index contributed by atoms with van der Waals surface area (Å²) in [6.07, 6.45) is 1.05. The summed E-state index contributed by atoms with van der Waals surface area (Å²) in [5, 5.41) is 0.283. The van der Waals surface area contributed by atoms with Crippen molar-refractivity contribution >= 4 is 17.4 Å². The lowest BCUT2D eigenvalue weighted by Crippen LogP contribution is -2.13. The topological polar surface area (TPSA) is 43.1 Å². The van der Waals surface area contributed by atoms with Crippen LogP contribution in [0.25, 0.3) is 0 Å². The maximum absolute atomic E-state index is 11.2. The van der Waals surface area contributed by atoms with Gasteiger partial charge in [-0.05, 0) is 12.0 Å². The number of halogens is 1. The van der Waals surface area contributed by atoms with Crippen molar-refractivity contribution in [2.24, 2.45) is 5.73 Å². The van der Waals surface area contributed by atoms with Crippen LogP contribution in [-0.2, 0) is 0 Å². The highest BCUT2D eigenvalue weighted by Gasteiger charge is 2.36. The number of benzene rings is 1. The molecule has 1 aliphatic carbocycles. The lowest BCUT2D eigenvalue weighted by molar-refractivity contribution is 0.100. The smallest absolute Gasteiger partial charge is 0.176 e. The van der Waals surface area contributed by atoms with Crippen molar-refractivity contribution in [1.29, 1.82) is 0 Å². The maximum Gasteiger partial charge on any atom is 0.176 e. The quantitative estimate of drug-likeness (QED) is 0.611. The zero-order valence-corrected chi connectivity index (χ0v) is 8.50. The van der Waals surface area contributed by atoms with Gasteiger partial charge in [-0.1, -0.05) is 24.3 Å². The van der Waals surface area contributed by atoms with Crippen LogP contribution in [0, 0.1) is 0 Å². The molecule has 0 heterocycles. The SMILES string of the molecule is NCC(=O)c1ccc(C2CC2Cl)cc1. The molecule has 0 bridgehead atoms. The van der Waals surface area contributed by atoms with Gasteiger partial charge in [0.05, 0.1) is 6.54 Å². The van der Waals surface area contributed by atoms with E-state index in [1.54, 1.807) is 0 Å². The van der Waals surface area contributed by atoms with Gasteiger partial charge in [-0.15, -0.1) is 11.6 Å². The molecule has 0 amide bonds. The molecule has 1 aromatic carbocycles. The van der Waals surface area contributed by atoms with Gasteiger partial charge >= 0.3 is 0 Å². The van der Waals surface area contributed by atoms with Gasteiger partial charge in [0.2, 0.25) is 0 Å². The molecule has 1 aromatic rings. The van der Waals surface area contributed by atoms with Crippen molar-refractivity contribution in [3.63, 3.8) is 0 Å². The summed E-state index contributed by atoms with van der Waals surface area (Å²) in [6.45, 7) is 0.0703. The van der Waals surface area contributed by atoms with Gasteiger partial charge in [-0.2, -0.15) is 0 Å². The molecule has 0 aliphatic heterocycles. The number of carbonyl (C=O) groups excluding carboxylic acids is 1. The summed E-state index contributed by atoms with van der Waals surface area (Å²) in [7, 11) is 0. The highest BCUT2D eigenvalue weighted by molar-refractivity contribution is 6.23. The number of hydrogen-bond acceptors (Lipinski definition) is 2. The van der Waals surface area contributed by atoms with Crippen molar-refractivity contribution in [3.8, 4) is 0 Å². The third-order valence-electron chi connectivity index (χ3n) is 2.56. The Hall–Kier alpha value is -0.860. The van der Waals surface area contributed by atoms with Crippen LogP contribution >= 0.6 is 11.6 Å². The summed E-state index contributed by atoms with van der Waals surface area (Å²) in [5.41, 5.74) is 7.17. The predicted molar refractivity (Wildman–Crippen MR) is 56.8 cm³/mol. The largest absolute Gasteiger partial charge is 0.324 e. The van der Waals surface area contributed by atoms with E-state index in [4.69, 9.17) is 17.3 Å². The first kappa shape index (κ1) is 9.69. The van der Waals surface area contributed by atoms with E-state index in [9.17, 15) is 4.79 Å². The van der Waals surface area contributed by atoms with Crippen molar-refractivity contribution in [2.75, 3.05) is 6.54 Å². The van der Waals surface area contributed by atoms with Crippen molar-refractivity contribution in [3.05, 3.63) is 35.4 Å². The molecule has 2 atom stereocenters. The molecule has 0 spiro atoms. The van der Waals surface area contributed by atoms with Crippen LogP contribution in [0.15, 0.2) is 24.3 Å². The van der Waals surface area contributed by atoms with Crippen LogP contribution in [0.3, 0.4) is 0 Å². The van der Waals surface area contributed by atoms with E-state index < -0.39 is 0 Å². The second-order valence-corrected chi connectivity index (χ2v) is 4.17. The lowest BCUT2D eigenvalue weighted by Gasteiger charge is -2.00. The number of ketones is 1. The molecule has 0 radical (unpaired) electrons. The van der Waals surface area contributed by atoms with Crippen LogP contribution in [0.2, 0.25) is 0 Å². The third-order valence-corrected chi connectivity index (χ3v) is 3.04. The molecule has 2 rings (SSSR count). The summed E-state index contributed by atoms with van der Waals surface area (Å²) >= 11 is 5.93. The van der Waals surface area contributed by atoms with Crippen molar-refractivity contribution in [1.82, 2.24) is 0 Å². The zero-order valence-electron chi connectivity index (χ0n) is 7.74. The van der Waals surface area contributed by atoms with Gasteiger partial charge in [-0.25, -0.2) is 0 Å². The van der Waals surface area contributed by atoms with Gasteiger partial charge in [0, 0.05) is 16.9 Å². The van der Waals surface area contributed by atoms with Crippen LogP contribution in [0.5, 0.6) is 0 Å². The predicted octanol–water partition coefficient (Wildman–Crippen LogP) is 1.92. The second-order valence-electron chi connectivity index (χ2n) is 3.61. The Morgan fingerprint density at radius 1 is 1.43 bits per heavy atom. The first-order chi connectivity index (χ1) is 6.72. The number of Topliss-reactive ketones (excluding diaryl/α,β-unsaturated/α-hetero) is 1. The van der Waals surface area contributed by atoms with E-state index in [1.807, 2.05) is 24.3 Å². The fourth-order valence-electron chi connectivity index (χ4n) is 1.54. The normalized spacial score (nSPS) is 24.7. The molecule has 0 aromatic heterocycles. The molecule has 3 heteroatoms. The van der Waals surface area contributed by atoms with Gasteiger partial charge in [0.15, 0.2) is 5.78 Å². The third kappa shape index (κ3) is 1.81. The minimum absolute atomic E-state index is 0.0187. The Bertz CT molecular complexity index is 347. The van der Waals surface area contributed by atoms with Crippen molar-refractivity contribution < 1.29 is 4.79 Å². The average molecular weight is 210 g/mol. The summed E-state index contributed by atoms with van der Waals surface area (Å²) in [4.78, 5) is 11.2. The minimum atomic E-state index is -0.0187. The molecule has 1 fully saturated rings. The van der Waals surface area contributed by atoms with E-state index in [0.717, 1.165) is 6.42 Å². The van der Waals surface area contributed by atoms with Gasteiger partial charge in [0.25, 0.3) is 0 Å². The van der Waals surface area contributed by atoms with Gasteiger partial charge < -0.3 is 5.73 Å². The maximum atomic E-state index is 11.2. The van der Waals surface area contributed by atoms with Crippen LogP contribution in [-0.4, -0.2) is 17.7 Å². The highest BCUT2D eigenvalue weighted by Crippen LogP contribution is 2.45. The minimum Gasteiger partial charge on any atom is -0.324 e. The standard InChI is InChI=1S/C11H12ClNO/c12-10-5-9(10)7-1-3-8(4-2-7)11(14)6-13/h1-4,9-10H,5-6,13H2. The van der Waals surface area contributed by atoms with E-state index in [2.05, 4.69) is 0 Å². The van der Waals surface area contributed by atoms with Crippen LogP contribution in [0.4, 0.5) is 0 Å². The van der Waals surface area contributed by atoms with Crippen LogP contribution in [0.1, 0.15) is 28.3 Å². The number of nitrogens with two attached hydrogens (primary N) is 1. The number of rotatable bonds is 3. The summed E-state index contributed by atoms with van der Waals surface area (Å²) < 4.78 is 0.